The van der Waals surface area contributed by atoms with E-state index < -0.39 is 0 Å². The highest BCUT2D eigenvalue weighted by atomic mass is 32.2. The number of nitriles is 1. The van der Waals surface area contributed by atoms with Gasteiger partial charge in [-0.1, -0.05) is 6.07 Å². The molecule has 4 heteroatoms. The van der Waals surface area contributed by atoms with Gasteiger partial charge in [0.25, 0.3) is 0 Å². The maximum atomic E-state index is 9.53. The van der Waals surface area contributed by atoms with E-state index in [2.05, 4.69) is 34.9 Å². The minimum absolute atomic E-state index is 0.480. The van der Waals surface area contributed by atoms with Gasteiger partial charge in [-0.15, -0.1) is 11.8 Å². The van der Waals surface area contributed by atoms with Crippen molar-refractivity contribution in [3.8, 4) is 6.07 Å². The Morgan fingerprint density at radius 2 is 2.20 bits per heavy atom. The number of anilines is 1. The molecule has 1 aromatic carbocycles. The summed E-state index contributed by atoms with van der Waals surface area (Å²) in [5, 5.41) is 9.53. The first kappa shape index (κ1) is 13.8. The van der Waals surface area contributed by atoms with E-state index in [0.29, 0.717) is 12.1 Å². The van der Waals surface area contributed by atoms with Gasteiger partial charge in [-0.05, 0) is 44.7 Å². The average molecular weight is 287 g/mol. The molecular weight excluding hydrogens is 266 g/mol. The van der Waals surface area contributed by atoms with Gasteiger partial charge >= 0.3 is 0 Å². The SMILES string of the molecule is CSc1cccc(N2CC3CCCN3CC2C)c1C#N. The van der Waals surface area contributed by atoms with Crippen LogP contribution in [-0.2, 0) is 0 Å². The van der Waals surface area contributed by atoms with Crippen LogP contribution in [0.1, 0.15) is 25.3 Å². The predicted molar refractivity (Wildman–Crippen MR) is 84.3 cm³/mol. The molecule has 20 heavy (non-hydrogen) atoms. The fraction of sp³-hybridized carbons (Fsp3) is 0.562. The summed E-state index contributed by atoms with van der Waals surface area (Å²) in [6, 6.07) is 9.81. The molecule has 0 saturated carbocycles. The second-order valence-electron chi connectivity index (χ2n) is 5.76. The number of rotatable bonds is 2. The quantitative estimate of drug-likeness (QED) is 0.782. The van der Waals surface area contributed by atoms with Crippen LogP contribution in [-0.4, -0.2) is 42.9 Å². The number of thioether (sulfide) groups is 1. The normalized spacial score (nSPS) is 26.4. The van der Waals surface area contributed by atoms with Crippen LogP contribution in [0.15, 0.2) is 23.1 Å². The van der Waals surface area contributed by atoms with Crippen LogP contribution in [0, 0.1) is 11.3 Å². The topological polar surface area (TPSA) is 30.3 Å². The minimum atomic E-state index is 0.480. The summed E-state index contributed by atoms with van der Waals surface area (Å²) < 4.78 is 0. The third kappa shape index (κ3) is 2.30. The van der Waals surface area contributed by atoms with Crippen LogP contribution < -0.4 is 4.90 Å². The average Bonchev–Trinajstić information content (AvgIpc) is 2.92. The number of hydrogen-bond donors (Lipinski definition) is 0. The molecule has 0 spiro atoms. The van der Waals surface area contributed by atoms with Gasteiger partial charge in [-0.2, -0.15) is 5.26 Å². The molecule has 2 atom stereocenters. The van der Waals surface area contributed by atoms with Gasteiger partial charge < -0.3 is 4.90 Å². The van der Waals surface area contributed by atoms with E-state index in [9.17, 15) is 5.26 Å². The van der Waals surface area contributed by atoms with Crippen molar-refractivity contribution in [2.75, 3.05) is 30.8 Å². The Balaban J connectivity index is 1.94. The first-order valence-corrected chi connectivity index (χ1v) is 8.55. The van der Waals surface area contributed by atoms with E-state index in [1.807, 2.05) is 12.3 Å². The molecule has 2 aliphatic rings. The molecule has 0 radical (unpaired) electrons. The second-order valence-corrected chi connectivity index (χ2v) is 6.61. The molecule has 1 aromatic rings. The van der Waals surface area contributed by atoms with Crippen molar-refractivity contribution in [1.29, 1.82) is 5.26 Å². The van der Waals surface area contributed by atoms with Crippen LogP contribution in [0.25, 0.3) is 0 Å². The lowest BCUT2D eigenvalue weighted by Gasteiger charge is -2.44. The lowest BCUT2D eigenvalue weighted by atomic mass is 10.0. The lowest BCUT2D eigenvalue weighted by molar-refractivity contribution is 0.203. The first-order chi connectivity index (χ1) is 9.74. The summed E-state index contributed by atoms with van der Waals surface area (Å²) in [4.78, 5) is 6.15. The van der Waals surface area contributed by atoms with Gasteiger partial charge in [-0.3, -0.25) is 4.90 Å². The molecule has 2 aliphatic heterocycles. The maximum Gasteiger partial charge on any atom is 0.103 e. The molecule has 2 unspecified atom stereocenters. The molecule has 2 heterocycles. The molecule has 2 saturated heterocycles. The summed E-state index contributed by atoms with van der Waals surface area (Å²) in [5.41, 5.74) is 1.97. The molecule has 106 valence electrons. The largest absolute Gasteiger partial charge is 0.365 e. The highest BCUT2D eigenvalue weighted by Crippen LogP contribution is 2.34. The van der Waals surface area contributed by atoms with Gasteiger partial charge in [0.2, 0.25) is 0 Å². The molecule has 0 aliphatic carbocycles. The summed E-state index contributed by atoms with van der Waals surface area (Å²) in [6.45, 7) is 5.72. The number of nitrogens with zero attached hydrogens (tertiary/aromatic N) is 3. The molecule has 3 rings (SSSR count). The number of hydrogen-bond acceptors (Lipinski definition) is 4. The zero-order chi connectivity index (χ0) is 14.1. The third-order valence-electron chi connectivity index (χ3n) is 4.58. The van der Waals surface area contributed by atoms with E-state index in [4.69, 9.17) is 0 Å². The van der Waals surface area contributed by atoms with E-state index in [0.717, 1.165) is 29.2 Å². The highest BCUT2D eigenvalue weighted by Gasteiger charge is 2.35. The van der Waals surface area contributed by atoms with Gasteiger partial charge in [0.05, 0.1) is 11.3 Å². The fourth-order valence-corrected chi connectivity index (χ4v) is 4.13. The zero-order valence-electron chi connectivity index (χ0n) is 12.2. The van der Waals surface area contributed by atoms with E-state index in [-0.39, 0.29) is 0 Å². The minimum Gasteiger partial charge on any atom is -0.365 e. The van der Waals surface area contributed by atoms with E-state index >= 15 is 0 Å². The van der Waals surface area contributed by atoms with Gasteiger partial charge in [0, 0.05) is 30.1 Å². The van der Waals surface area contributed by atoms with E-state index in [1.54, 1.807) is 11.8 Å². The second kappa shape index (κ2) is 5.67. The van der Waals surface area contributed by atoms with Crippen LogP contribution in [0.5, 0.6) is 0 Å². The van der Waals surface area contributed by atoms with Gasteiger partial charge in [0.15, 0.2) is 0 Å². The molecule has 0 amide bonds. The molecular formula is C16H21N3S. The third-order valence-corrected chi connectivity index (χ3v) is 5.36. The van der Waals surface area contributed by atoms with Gasteiger partial charge in [-0.25, -0.2) is 0 Å². The van der Waals surface area contributed by atoms with Crippen LogP contribution >= 0.6 is 11.8 Å². The van der Waals surface area contributed by atoms with Crippen molar-refractivity contribution >= 4 is 17.4 Å². The van der Waals surface area contributed by atoms with Crippen molar-refractivity contribution in [1.82, 2.24) is 4.90 Å². The number of piperazine rings is 1. The number of fused-ring (bicyclic) bond motifs is 1. The van der Waals surface area contributed by atoms with Crippen LogP contribution in [0.2, 0.25) is 0 Å². The Kier molecular flexibility index (Phi) is 3.91. The summed E-state index contributed by atoms with van der Waals surface area (Å²) in [6.07, 6.45) is 4.66. The fourth-order valence-electron chi connectivity index (χ4n) is 3.56. The Hall–Kier alpha value is -1.18. The Morgan fingerprint density at radius 3 is 2.95 bits per heavy atom. The molecule has 0 N–H and O–H groups in total. The first-order valence-electron chi connectivity index (χ1n) is 7.32. The van der Waals surface area contributed by atoms with Crippen LogP contribution in [0.3, 0.4) is 0 Å². The standard InChI is InChI=1S/C16H21N3S/c1-12-10-18-8-4-5-13(18)11-19(12)15-6-3-7-16(20-2)14(15)9-17/h3,6-7,12-13H,4-5,8,10-11H2,1-2H3. The van der Waals surface area contributed by atoms with Crippen molar-refractivity contribution in [2.45, 2.75) is 36.7 Å². The lowest BCUT2D eigenvalue weighted by Crippen LogP contribution is -2.55. The molecule has 2 fully saturated rings. The van der Waals surface area contributed by atoms with Crippen molar-refractivity contribution in [3.63, 3.8) is 0 Å². The zero-order valence-corrected chi connectivity index (χ0v) is 13.0. The summed E-state index contributed by atoms with van der Waals surface area (Å²) >= 11 is 1.66. The van der Waals surface area contributed by atoms with Gasteiger partial charge in [0.1, 0.15) is 6.07 Å². The van der Waals surface area contributed by atoms with Crippen molar-refractivity contribution in [2.24, 2.45) is 0 Å². The molecule has 0 bridgehead atoms. The Morgan fingerprint density at radius 1 is 1.35 bits per heavy atom. The maximum absolute atomic E-state index is 9.53. The Labute approximate surface area is 125 Å². The monoisotopic (exact) mass is 287 g/mol. The Bertz CT molecular complexity index is 537. The summed E-state index contributed by atoms with van der Waals surface area (Å²) in [5.74, 6) is 0. The summed E-state index contributed by atoms with van der Waals surface area (Å²) in [7, 11) is 0. The van der Waals surface area contributed by atoms with E-state index in [1.165, 1.54) is 19.4 Å². The smallest absolute Gasteiger partial charge is 0.103 e. The highest BCUT2D eigenvalue weighted by molar-refractivity contribution is 7.98. The van der Waals surface area contributed by atoms with Crippen molar-refractivity contribution in [3.05, 3.63) is 23.8 Å². The predicted octanol–water partition coefficient (Wildman–Crippen LogP) is 2.95. The van der Waals surface area contributed by atoms with Crippen molar-refractivity contribution < 1.29 is 0 Å². The van der Waals surface area contributed by atoms with Crippen LogP contribution in [0.4, 0.5) is 5.69 Å². The molecule has 0 aromatic heterocycles. The number of benzene rings is 1. The molecule has 3 nitrogen and oxygen atoms in total.